The minimum absolute atomic E-state index is 0.130. The van der Waals surface area contributed by atoms with Gasteiger partial charge >= 0.3 is 6.18 Å². The maximum atomic E-state index is 13.8. The van der Waals surface area contributed by atoms with E-state index in [1.165, 1.54) is 26.3 Å². The third-order valence-corrected chi connectivity index (χ3v) is 8.24. The van der Waals surface area contributed by atoms with Gasteiger partial charge in [0.25, 0.3) is 5.91 Å². The monoisotopic (exact) mass is 464 g/mol. The molecule has 1 fully saturated rings. The summed E-state index contributed by atoms with van der Waals surface area (Å²) in [6.45, 7) is 2.98. The second-order valence-corrected chi connectivity index (χ2v) is 11.3. The highest BCUT2D eigenvalue weighted by atomic mass is 32.2. The Labute approximate surface area is 175 Å². The summed E-state index contributed by atoms with van der Waals surface area (Å²) in [7, 11) is -3.28. The minimum Gasteiger partial charge on any atom is -0.383 e. The van der Waals surface area contributed by atoms with Crippen LogP contribution in [0.3, 0.4) is 0 Å². The maximum absolute atomic E-state index is 13.8. The Morgan fingerprint density at radius 3 is 2.47 bits per heavy atom. The quantitative estimate of drug-likeness (QED) is 0.655. The third kappa shape index (κ3) is 5.06. The third-order valence-electron chi connectivity index (χ3n) is 4.56. The van der Waals surface area contributed by atoms with Crippen LogP contribution in [-0.4, -0.2) is 26.5 Å². The molecule has 1 amide bonds. The smallest absolute Gasteiger partial charge is 0.383 e. The van der Waals surface area contributed by atoms with Crippen molar-refractivity contribution in [3.05, 3.63) is 45.8 Å². The molecule has 30 heavy (non-hydrogen) atoms. The van der Waals surface area contributed by atoms with E-state index in [2.05, 4.69) is 9.35 Å². The maximum Gasteiger partial charge on any atom is 0.416 e. The number of amides is 1. The number of nitrogens with zero attached hydrogens (tertiary/aromatic N) is 2. The fraction of sp³-hybridized carbons (Fsp3) is 0.474. The molecule has 11 heteroatoms. The van der Waals surface area contributed by atoms with Crippen molar-refractivity contribution in [2.75, 3.05) is 6.26 Å². The van der Waals surface area contributed by atoms with Crippen molar-refractivity contribution in [2.24, 2.45) is 4.36 Å². The molecule has 1 aliphatic carbocycles. The Balaban J connectivity index is 1.98. The summed E-state index contributed by atoms with van der Waals surface area (Å²) in [5.41, 5.74) is -2.66. The molecule has 0 spiro atoms. The minimum atomic E-state index is -4.84. The summed E-state index contributed by atoms with van der Waals surface area (Å²) in [4.78, 5) is 16.5. The Morgan fingerprint density at radius 2 is 1.97 bits per heavy atom. The van der Waals surface area contributed by atoms with E-state index in [0.717, 1.165) is 17.4 Å². The number of aromatic nitrogens is 1. The topological polar surface area (TPSA) is 79.6 Å². The summed E-state index contributed by atoms with van der Waals surface area (Å²) in [5, 5.41) is 10.3. The SMILES string of the molecule is CC(C)(O)c1ncc(S(C)(=O)=NC(=O)Cc2c(C3CC3)cc(F)cc2C(F)(F)F)s1. The first-order valence-corrected chi connectivity index (χ1v) is 11.8. The second kappa shape index (κ2) is 7.69. The predicted octanol–water partition coefficient (Wildman–Crippen LogP) is 4.63. The molecular weight excluding hydrogens is 444 g/mol. The molecule has 1 heterocycles. The number of carbonyl (C=O) groups is 1. The van der Waals surface area contributed by atoms with E-state index in [1.807, 2.05) is 0 Å². The molecule has 5 nitrogen and oxygen atoms in total. The van der Waals surface area contributed by atoms with Gasteiger partial charge in [0.2, 0.25) is 0 Å². The fourth-order valence-electron chi connectivity index (χ4n) is 3.01. The van der Waals surface area contributed by atoms with Gasteiger partial charge < -0.3 is 5.11 Å². The van der Waals surface area contributed by atoms with Gasteiger partial charge in [-0.25, -0.2) is 13.6 Å². The average molecular weight is 465 g/mol. The van der Waals surface area contributed by atoms with Crippen LogP contribution < -0.4 is 0 Å². The molecule has 1 aliphatic rings. The number of hydrogen-bond acceptors (Lipinski definition) is 5. The van der Waals surface area contributed by atoms with Crippen molar-refractivity contribution >= 4 is 27.0 Å². The summed E-state index contributed by atoms with van der Waals surface area (Å²) < 4.78 is 70.9. The zero-order chi connectivity index (χ0) is 22.5. The lowest BCUT2D eigenvalue weighted by molar-refractivity contribution is -0.138. The van der Waals surface area contributed by atoms with Gasteiger partial charge in [0, 0.05) is 6.26 Å². The molecule has 1 N–H and O–H groups in total. The Hall–Kier alpha value is -1.85. The van der Waals surface area contributed by atoms with Crippen molar-refractivity contribution < 1.29 is 31.7 Å². The van der Waals surface area contributed by atoms with Crippen molar-refractivity contribution in [1.29, 1.82) is 0 Å². The number of hydrogen-bond donors (Lipinski definition) is 1. The van der Waals surface area contributed by atoms with Crippen LogP contribution in [0.4, 0.5) is 17.6 Å². The Morgan fingerprint density at radius 1 is 1.33 bits per heavy atom. The molecule has 0 aliphatic heterocycles. The molecule has 3 rings (SSSR count). The van der Waals surface area contributed by atoms with Crippen LogP contribution in [0.5, 0.6) is 0 Å². The first-order valence-electron chi connectivity index (χ1n) is 9.01. The molecule has 2 aromatic rings. The van der Waals surface area contributed by atoms with E-state index in [0.29, 0.717) is 18.9 Å². The molecule has 0 radical (unpaired) electrons. The van der Waals surface area contributed by atoms with Gasteiger partial charge in [-0.15, -0.1) is 11.3 Å². The summed E-state index contributed by atoms with van der Waals surface area (Å²) in [5.74, 6) is -2.24. The second-order valence-electron chi connectivity index (χ2n) is 7.80. The van der Waals surface area contributed by atoms with Crippen molar-refractivity contribution in [3.63, 3.8) is 0 Å². The molecule has 0 bridgehead atoms. The first kappa shape index (κ1) is 22.8. The molecule has 1 unspecified atom stereocenters. The molecule has 1 aromatic heterocycles. The van der Waals surface area contributed by atoms with Crippen molar-refractivity contribution in [3.8, 4) is 0 Å². The van der Waals surface area contributed by atoms with Crippen molar-refractivity contribution in [1.82, 2.24) is 4.98 Å². The molecule has 164 valence electrons. The van der Waals surface area contributed by atoms with Crippen LogP contribution in [0.25, 0.3) is 0 Å². The number of rotatable bonds is 5. The van der Waals surface area contributed by atoms with Gasteiger partial charge in [-0.05, 0) is 55.9 Å². The summed E-state index contributed by atoms with van der Waals surface area (Å²) in [6, 6.07) is 1.40. The summed E-state index contributed by atoms with van der Waals surface area (Å²) >= 11 is 0.910. The van der Waals surface area contributed by atoms with Crippen LogP contribution in [0.2, 0.25) is 0 Å². The Kier molecular flexibility index (Phi) is 5.85. The molecular formula is C19H20F4N2O3S2. The average Bonchev–Trinajstić information content (AvgIpc) is 3.27. The van der Waals surface area contributed by atoms with Crippen LogP contribution in [-0.2, 0) is 32.7 Å². The van der Waals surface area contributed by atoms with E-state index in [9.17, 15) is 31.7 Å². The van der Waals surface area contributed by atoms with Gasteiger partial charge in [-0.1, -0.05) is 0 Å². The molecule has 1 aromatic carbocycles. The van der Waals surface area contributed by atoms with Crippen molar-refractivity contribution in [2.45, 2.75) is 55.0 Å². The number of aliphatic hydroxyl groups is 1. The molecule has 1 atom stereocenters. The van der Waals surface area contributed by atoms with Gasteiger partial charge in [0.1, 0.15) is 20.6 Å². The number of alkyl halides is 3. The first-order chi connectivity index (χ1) is 13.7. The number of thiazole rings is 1. The highest BCUT2D eigenvalue weighted by Gasteiger charge is 2.38. The fourth-order valence-corrected chi connectivity index (χ4v) is 5.42. The molecule has 1 saturated carbocycles. The number of carbonyl (C=O) groups excluding carboxylic acids is 1. The highest BCUT2D eigenvalue weighted by molar-refractivity contribution is 7.95. The van der Waals surface area contributed by atoms with Gasteiger partial charge in [0.05, 0.1) is 27.9 Å². The summed E-state index contributed by atoms with van der Waals surface area (Å²) in [6.07, 6.45) is -1.93. The predicted molar refractivity (Wildman–Crippen MR) is 104 cm³/mol. The standard InChI is InChI=1S/C19H20F4N2O3S2/c1-18(2,27)17-24-9-16(29-17)30(3,28)25-15(26)8-13-12(10-4-5-10)6-11(20)7-14(13)19(21,22)23/h6-7,9-10,27H,4-5,8H2,1-3H3. The number of benzene rings is 1. The van der Waals surface area contributed by atoms with Crippen LogP contribution in [0.15, 0.2) is 26.9 Å². The van der Waals surface area contributed by atoms with Crippen LogP contribution in [0, 0.1) is 5.82 Å². The molecule has 0 saturated heterocycles. The van der Waals surface area contributed by atoms with Gasteiger partial charge in [-0.2, -0.15) is 17.5 Å². The van der Waals surface area contributed by atoms with E-state index in [-0.39, 0.29) is 26.3 Å². The van der Waals surface area contributed by atoms with Gasteiger partial charge in [0.15, 0.2) is 0 Å². The van der Waals surface area contributed by atoms with E-state index >= 15 is 0 Å². The zero-order valence-corrected chi connectivity index (χ0v) is 18.1. The largest absolute Gasteiger partial charge is 0.416 e. The lowest BCUT2D eigenvalue weighted by Crippen LogP contribution is -2.15. The number of halogens is 4. The lowest BCUT2D eigenvalue weighted by Gasteiger charge is -2.16. The normalized spacial score (nSPS) is 16.9. The van der Waals surface area contributed by atoms with E-state index in [1.54, 1.807) is 0 Å². The van der Waals surface area contributed by atoms with Crippen LogP contribution >= 0.6 is 11.3 Å². The lowest BCUT2D eigenvalue weighted by atomic mass is 9.94. The zero-order valence-electron chi connectivity index (χ0n) is 16.4. The van der Waals surface area contributed by atoms with Gasteiger partial charge in [-0.3, -0.25) is 4.79 Å². The highest BCUT2D eigenvalue weighted by Crippen LogP contribution is 2.45. The van der Waals surface area contributed by atoms with E-state index in [4.69, 9.17) is 0 Å². The van der Waals surface area contributed by atoms with Crippen LogP contribution in [0.1, 0.15) is 54.3 Å². The Bertz CT molecular complexity index is 1110. The van der Waals surface area contributed by atoms with E-state index < -0.39 is 45.2 Å².